The molecule has 2 aromatic rings. The molecule has 4 nitrogen and oxygen atoms in total. The van der Waals surface area contributed by atoms with E-state index in [0.29, 0.717) is 6.42 Å². The monoisotopic (exact) mass is 230 g/mol. The first-order valence-electron chi connectivity index (χ1n) is 5.55. The van der Waals surface area contributed by atoms with Gasteiger partial charge in [0.15, 0.2) is 0 Å². The number of hydrogen-bond donors (Lipinski definition) is 1. The van der Waals surface area contributed by atoms with Crippen molar-refractivity contribution in [2.45, 2.75) is 19.3 Å². The maximum Gasteiger partial charge on any atom is 0.310 e. The lowest BCUT2D eigenvalue weighted by atomic mass is 9.96. The van der Waals surface area contributed by atoms with Gasteiger partial charge in [0.2, 0.25) is 0 Å². The van der Waals surface area contributed by atoms with Crippen molar-refractivity contribution in [3.8, 4) is 5.69 Å². The van der Waals surface area contributed by atoms with Gasteiger partial charge in [-0.1, -0.05) is 19.1 Å². The Kier molecular flexibility index (Phi) is 3.23. The summed E-state index contributed by atoms with van der Waals surface area (Å²) in [5.41, 5.74) is 1.76. The molecule has 1 N–H and O–H groups in total. The fraction of sp³-hybridized carbons (Fsp3) is 0.231. The molecule has 0 amide bonds. The first-order chi connectivity index (χ1) is 8.22. The minimum Gasteiger partial charge on any atom is -0.481 e. The first kappa shape index (κ1) is 11.4. The summed E-state index contributed by atoms with van der Waals surface area (Å²) in [6.07, 6.45) is 4.15. The van der Waals surface area contributed by atoms with Crippen LogP contribution in [0.1, 0.15) is 24.8 Å². The maximum atomic E-state index is 11.0. The van der Waals surface area contributed by atoms with Crippen LogP contribution in [0.15, 0.2) is 42.7 Å². The quantitative estimate of drug-likeness (QED) is 0.877. The van der Waals surface area contributed by atoms with Crippen LogP contribution in [0.5, 0.6) is 0 Å². The zero-order chi connectivity index (χ0) is 12.3. The largest absolute Gasteiger partial charge is 0.481 e. The lowest BCUT2D eigenvalue weighted by Crippen LogP contribution is -2.10. The van der Waals surface area contributed by atoms with Crippen LogP contribution in [0, 0.1) is 0 Å². The van der Waals surface area contributed by atoms with Crippen molar-refractivity contribution in [3.05, 3.63) is 48.3 Å². The molecule has 1 aromatic carbocycles. The summed E-state index contributed by atoms with van der Waals surface area (Å²) >= 11 is 0. The molecule has 1 atom stereocenters. The Hall–Kier alpha value is -2.10. The molecular weight excluding hydrogens is 216 g/mol. The highest BCUT2D eigenvalue weighted by Crippen LogP contribution is 2.21. The molecule has 1 aromatic heterocycles. The van der Waals surface area contributed by atoms with Crippen LogP contribution < -0.4 is 0 Å². The van der Waals surface area contributed by atoms with Gasteiger partial charge in [-0.05, 0) is 30.2 Å². The Labute approximate surface area is 99.5 Å². The normalized spacial score (nSPS) is 12.3. The smallest absolute Gasteiger partial charge is 0.310 e. The number of benzene rings is 1. The Morgan fingerprint density at radius 2 is 2.12 bits per heavy atom. The topological polar surface area (TPSA) is 55.1 Å². The fourth-order valence-electron chi connectivity index (χ4n) is 1.83. The van der Waals surface area contributed by atoms with Crippen molar-refractivity contribution in [1.82, 2.24) is 9.78 Å². The zero-order valence-electron chi connectivity index (χ0n) is 9.58. The Bertz CT molecular complexity index is 489. The predicted molar refractivity (Wildman–Crippen MR) is 64.2 cm³/mol. The number of carbonyl (C=O) groups is 1. The zero-order valence-corrected chi connectivity index (χ0v) is 9.58. The molecule has 0 aliphatic heterocycles. The van der Waals surface area contributed by atoms with Crippen molar-refractivity contribution in [2.24, 2.45) is 0 Å². The van der Waals surface area contributed by atoms with E-state index in [9.17, 15) is 4.79 Å². The molecular formula is C13H14N2O2. The number of carboxylic acids is 1. The van der Waals surface area contributed by atoms with Crippen molar-refractivity contribution in [3.63, 3.8) is 0 Å². The van der Waals surface area contributed by atoms with Crippen LogP contribution in [0.4, 0.5) is 0 Å². The third kappa shape index (κ3) is 2.36. The highest BCUT2D eigenvalue weighted by Gasteiger charge is 2.17. The van der Waals surface area contributed by atoms with E-state index in [4.69, 9.17) is 5.11 Å². The third-order valence-corrected chi connectivity index (χ3v) is 2.77. The van der Waals surface area contributed by atoms with Gasteiger partial charge in [-0.15, -0.1) is 0 Å². The minimum atomic E-state index is -0.778. The van der Waals surface area contributed by atoms with Crippen LogP contribution in [-0.4, -0.2) is 20.9 Å². The summed E-state index contributed by atoms with van der Waals surface area (Å²) in [6.45, 7) is 1.88. The van der Waals surface area contributed by atoms with Crippen LogP contribution >= 0.6 is 0 Å². The molecule has 0 fully saturated rings. The van der Waals surface area contributed by atoms with E-state index < -0.39 is 11.9 Å². The van der Waals surface area contributed by atoms with Gasteiger partial charge < -0.3 is 5.11 Å². The molecule has 4 heteroatoms. The van der Waals surface area contributed by atoms with Gasteiger partial charge in [0, 0.05) is 12.4 Å². The van der Waals surface area contributed by atoms with Crippen LogP contribution in [0.3, 0.4) is 0 Å². The number of carboxylic acid groups (broad SMARTS) is 1. The van der Waals surface area contributed by atoms with Crippen molar-refractivity contribution in [2.75, 3.05) is 0 Å². The molecule has 88 valence electrons. The maximum absolute atomic E-state index is 11.0. The standard InChI is InChI=1S/C13H14N2O2/c1-2-12(13(16)17)10-4-6-11(7-5-10)15-9-3-8-14-15/h3-9,12H,2H2,1H3,(H,16,17). The predicted octanol–water partition coefficient (Wildman–Crippen LogP) is 2.45. The van der Waals surface area contributed by atoms with Gasteiger partial charge in [-0.2, -0.15) is 5.10 Å². The van der Waals surface area contributed by atoms with Gasteiger partial charge in [-0.25, -0.2) is 4.68 Å². The second-order valence-corrected chi connectivity index (χ2v) is 3.84. The average Bonchev–Trinajstić information content (AvgIpc) is 2.84. The van der Waals surface area contributed by atoms with Gasteiger partial charge >= 0.3 is 5.97 Å². The highest BCUT2D eigenvalue weighted by molar-refractivity contribution is 5.76. The Morgan fingerprint density at radius 1 is 1.41 bits per heavy atom. The summed E-state index contributed by atoms with van der Waals surface area (Å²) < 4.78 is 1.74. The molecule has 0 spiro atoms. The molecule has 1 unspecified atom stereocenters. The van der Waals surface area contributed by atoms with Crippen molar-refractivity contribution >= 4 is 5.97 Å². The Morgan fingerprint density at radius 3 is 2.59 bits per heavy atom. The number of hydrogen-bond acceptors (Lipinski definition) is 2. The second kappa shape index (κ2) is 4.82. The van der Waals surface area contributed by atoms with Crippen LogP contribution in [0.2, 0.25) is 0 Å². The van der Waals surface area contributed by atoms with Gasteiger partial charge in [0.05, 0.1) is 11.6 Å². The number of aromatic nitrogens is 2. The summed E-state index contributed by atoms with van der Waals surface area (Å²) in [6, 6.07) is 9.31. The minimum absolute atomic E-state index is 0.429. The number of aliphatic carboxylic acids is 1. The molecule has 0 saturated heterocycles. The van der Waals surface area contributed by atoms with E-state index in [2.05, 4.69) is 5.10 Å². The van der Waals surface area contributed by atoms with E-state index in [-0.39, 0.29) is 0 Å². The molecule has 0 aliphatic rings. The van der Waals surface area contributed by atoms with Crippen molar-refractivity contribution < 1.29 is 9.90 Å². The summed E-state index contributed by atoms with van der Waals surface area (Å²) in [5.74, 6) is -1.21. The van der Waals surface area contributed by atoms with Crippen LogP contribution in [0.25, 0.3) is 5.69 Å². The molecule has 1 heterocycles. The summed E-state index contributed by atoms with van der Waals surface area (Å²) in [5, 5.41) is 13.2. The van der Waals surface area contributed by atoms with Crippen LogP contribution in [-0.2, 0) is 4.79 Å². The SMILES string of the molecule is CCC(C(=O)O)c1ccc(-n2cccn2)cc1. The van der Waals surface area contributed by atoms with Gasteiger partial charge in [0.25, 0.3) is 0 Å². The molecule has 0 bridgehead atoms. The molecule has 17 heavy (non-hydrogen) atoms. The summed E-state index contributed by atoms with van der Waals surface area (Å²) in [7, 11) is 0. The molecule has 2 rings (SSSR count). The van der Waals surface area contributed by atoms with Crippen molar-refractivity contribution in [1.29, 1.82) is 0 Å². The Balaban J connectivity index is 2.26. The van der Waals surface area contributed by atoms with E-state index >= 15 is 0 Å². The first-order valence-corrected chi connectivity index (χ1v) is 5.55. The number of nitrogens with zero attached hydrogens (tertiary/aromatic N) is 2. The highest BCUT2D eigenvalue weighted by atomic mass is 16.4. The lowest BCUT2D eigenvalue weighted by Gasteiger charge is -2.10. The molecule has 0 aliphatic carbocycles. The average molecular weight is 230 g/mol. The van der Waals surface area contributed by atoms with Gasteiger partial charge in [-0.3, -0.25) is 4.79 Å². The third-order valence-electron chi connectivity index (χ3n) is 2.77. The van der Waals surface area contributed by atoms with E-state index in [1.165, 1.54) is 0 Å². The van der Waals surface area contributed by atoms with E-state index in [1.807, 2.05) is 43.5 Å². The second-order valence-electron chi connectivity index (χ2n) is 3.84. The van der Waals surface area contributed by atoms with E-state index in [1.54, 1.807) is 10.9 Å². The fourth-order valence-corrected chi connectivity index (χ4v) is 1.83. The molecule has 0 saturated carbocycles. The lowest BCUT2D eigenvalue weighted by molar-refractivity contribution is -0.138. The number of rotatable bonds is 4. The molecule has 0 radical (unpaired) electrons. The van der Waals surface area contributed by atoms with E-state index in [0.717, 1.165) is 11.3 Å². The van der Waals surface area contributed by atoms with Gasteiger partial charge in [0.1, 0.15) is 0 Å². The summed E-state index contributed by atoms with van der Waals surface area (Å²) in [4.78, 5) is 11.0.